The maximum absolute atomic E-state index is 12.3. The highest BCUT2D eigenvalue weighted by molar-refractivity contribution is 5.96. The molecule has 1 unspecified atom stereocenters. The van der Waals surface area contributed by atoms with Crippen molar-refractivity contribution in [2.24, 2.45) is 28.5 Å². The maximum Gasteiger partial charge on any atom is 0.345 e. The molecule has 31 heavy (non-hydrogen) atoms. The van der Waals surface area contributed by atoms with Crippen LogP contribution in [0.25, 0.3) is 0 Å². The number of aryl methyl sites for hydroxylation is 1. The van der Waals surface area contributed by atoms with Gasteiger partial charge in [-0.1, -0.05) is 20.8 Å². The van der Waals surface area contributed by atoms with E-state index in [-0.39, 0.29) is 17.8 Å². The Morgan fingerprint density at radius 3 is 2.65 bits per heavy atom. The van der Waals surface area contributed by atoms with Gasteiger partial charge in [0.05, 0.1) is 11.3 Å². The van der Waals surface area contributed by atoms with Gasteiger partial charge in [0.25, 0.3) is 0 Å². The summed E-state index contributed by atoms with van der Waals surface area (Å²) in [5.74, 6) is 2.25. The molecule has 9 nitrogen and oxygen atoms in total. The molecular formula is C22H35N7O2. The number of pyridine rings is 1. The fourth-order valence-corrected chi connectivity index (χ4v) is 3.66. The van der Waals surface area contributed by atoms with Gasteiger partial charge in [-0.25, -0.2) is 9.78 Å². The molecule has 1 fully saturated rings. The molecule has 2 heterocycles. The smallest absolute Gasteiger partial charge is 0.345 e. The lowest BCUT2D eigenvalue weighted by Gasteiger charge is -2.34. The predicted molar refractivity (Wildman–Crippen MR) is 124 cm³/mol. The van der Waals surface area contributed by atoms with E-state index in [1.165, 1.54) is 0 Å². The van der Waals surface area contributed by atoms with Crippen molar-refractivity contribution in [3.05, 3.63) is 23.4 Å². The van der Waals surface area contributed by atoms with Crippen LogP contribution in [0.4, 0.5) is 10.6 Å². The summed E-state index contributed by atoms with van der Waals surface area (Å²) in [6.07, 6.45) is 3.70. The molecule has 1 aromatic rings. The molecule has 170 valence electrons. The normalized spacial score (nSPS) is 16.2. The van der Waals surface area contributed by atoms with Crippen molar-refractivity contribution >= 4 is 30.0 Å². The van der Waals surface area contributed by atoms with E-state index in [2.05, 4.69) is 22.2 Å². The van der Waals surface area contributed by atoms with Gasteiger partial charge < -0.3 is 20.7 Å². The molecular weight excluding hydrogens is 394 g/mol. The molecule has 1 aliphatic heterocycles. The number of likely N-dealkylation sites (tertiary alicyclic amines) is 1. The number of amides is 2. The second-order valence-corrected chi connectivity index (χ2v) is 8.39. The number of rotatable bonds is 8. The van der Waals surface area contributed by atoms with Crippen LogP contribution in [0.3, 0.4) is 0 Å². The Morgan fingerprint density at radius 2 is 2.06 bits per heavy atom. The largest absolute Gasteiger partial charge is 0.428 e. The van der Waals surface area contributed by atoms with Crippen molar-refractivity contribution in [2.75, 3.05) is 25.0 Å². The van der Waals surface area contributed by atoms with E-state index in [9.17, 15) is 4.79 Å². The minimum Gasteiger partial charge on any atom is -0.428 e. The lowest BCUT2D eigenvalue weighted by Crippen LogP contribution is -2.39. The van der Waals surface area contributed by atoms with Crippen LogP contribution in [-0.4, -0.2) is 53.7 Å². The highest BCUT2D eigenvalue weighted by Gasteiger charge is 2.26. The number of anilines is 1. The summed E-state index contributed by atoms with van der Waals surface area (Å²) in [4.78, 5) is 22.6. The fraction of sp³-hybridized carbons (Fsp3) is 0.591. The number of hydrogen-bond acceptors (Lipinski definition) is 6. The molecule has 2 amide bonds. The summed E-state index contributed by atoms with van der Waals surface area (Å²) in [5, 5.41) is 18.1. The first kappa shape index (κ1) is 24.3. The number of aromatic nitrogens is 1. The molecule has 0 aromatic carbocycles. The van der Waals surface area contributed by atoms with Crippen LogP contribution in [0.2, 0.25) is 0 Å². The third kappa shape index (κ3) is 7.04. The van der Waals surface area contributed by atoms with Gasteiger partial charge in [-0.05, 0) is 50.2 Å². The second-order valence-electron chi connectivity index (χ2n) is 8.39. The summed E-state index contributed by atoms with van der Waals surface area (Å²) in [6.45, 7) is 10.2. The average Bonchev–Trinajstić information content (AvgIpc) is 2.73. The van der Waals surface area contributed by atoms with E-state index in [1.807, 2.05) is 26.8 Å². The standard InChI is InChI=1S/C22H35N7O2/c1-14(2)20(24)28-22(30)29-11-8-17(9-12-29)15(3)7-10-26-19-6-5-18(16(4)27-19)21(25)31-13-23/h5-6,13-15,17,23,25H,7-12H2,1-4H3,(H,26,27)(H2,24,28,30). The van der Waals surface area contributed by atoms with E-state index in [0.717, 1.165) is 51.1 Å². The average molecular weight is 430 g/mol. The van der Waals surface area contributed by atoms with E-state index >= 15 is 0 Å². The maximum atomic E-state index is 12.3. The zero-order chi connectivity index (χ0) is 23.0. The number of carbonyl (C=O) groups is 1. The van der Waals surface area contributed by atoms with Gasteiger partial charge in [0, 0.05) is 25.6 Å². The predicted octanol–water partition coefficient (Wildman–Crippen LogP) is 3.62. The summed E-state index contributed by atoms with van der Waals surface area (Å²) in [7, 11) is 0. The first-order chi connectivity index (χ1) is 14.7. The zero-order valence-corrected chi connectivity index (χ0v) is 18.9. The Kier molecular flexibility index (Phi) is 8.96. The lowest BCUT2D eigenvalue weighted by atomic mass is 9.83. The molecule has 0 saturated carbocycles. The first-order valence-electron chi connectivity index (χ1n) is 10.8. The van der Waals surface area contributed by atoms with Crippen molar-refractivity contribution in [1.29, 1.82) is 10.8 Å². The summed E-state index contributed by atoms with van der Waals surface area (Å²) in [5.41, 5.74) is 7.07. The summed E-state index contributed by atoms with van der Waals surface area (Å²) < 4.78 is 4.81. The van der Waals surface area contributed by atoms with Gasteiger partial charge in [-0.15, -0.1) is 0 Å². The van der Waals surface area contributed by atoms with Gasteiger partial charge >= 0.3 is 6.03 Å². The number of hydrogen-bond donors (Lipinski definition) is 4. The molecule has 0 bridgehead atoms. The van der Waals surface area contributed by atoms with E-state index < -0.39 is 0 Å². The minimum atomic E-state index is -0.219. The number of piperidine rings is 1. The molecule has 0 aliphatic carbocycles. The van der Waals surface area contributed by atoms with Crippen LogP contribution in [0, 0.1) is 35.5 Å². The Balaban J connectivity index is 1.77. The van der Waals surface area contributed by atoms with Crippen LogP contribution < -0.4 is 11.1 Å². The van der Waals surface area contributed by atoms with Gasteiger partial charge in [0.15, 0.2) is 6.40 Å². The van der Waals surface area contributed by atoms with Crippen molar-refractivity contribution in [1.82, 2.24) is 9.88 Å². The van der Waals surface area contributed by atoms with Crippen LogP contribution in [0.5, 0.6) is 0 Å². The number of nitrogens with one attached hydrogen (secondary N) is 3. The number of amidine groups is 1. The van der Waals surface area contributed by atoms with E-state index in [0.29, 0.717) is 28.9 Å². The quantitative estimate of drug-likeness (QED) is 0.369. The monoisotopic (exact) mass is 429 g/mol. The van der Waals surface area contributed by atoms with Gasteiger partial charge in [0.1, 0.15) is 11.7 Å². The topological polar surface area (TPSA) is 141 Å². The molecule has 0 radical (unpaired) electrons. The van der Waals surface area contributed by atoms with E-state index in [1.54, 1.807) is 11.0 Å². The number of carbonyl (C=O) groups excluding carboxylic acids is 1. The SMILES string of the molecule is Cc1nc(NCCC(C)C2CCN(C(=O)N=C(N)C(C)C)CC2)ccc1C(=N)OC=N. The molecule has 1 aromatic heterocycles. The third-order valence-corrected chi connectivity index (χ3v) is 5.84. The number of nitrogens with two attached hydrogens (primary N) is 1. The van der Waals surface area contributed by atoms with Crippen LogP contribution in [-0.2, 0) is 4.74 Å². The van der Waals surface area contributed by atoms with Crippen LogP contribution in [0.1, 0.15) is 51.3 Å². The lowest BCUT2D eigenvalue weighted by molar-refractivity contribution is 0.158. The molecule has 9 heteroatoms. The van der Waals surface area contributed by atoms with Gasteiger partial charge in [0.2, 0.25) is 5.90 Å². The highest BCUT2D eigenvalue weighted by Crippen LogP contribution is 2.27. The van der Waals surface area contributed by atoms with Crippen LogP contribution >= 0.6 is 0 Å². The van der Waals surface area contributed by atoms with Gasteiger partial charge in [-0.3, -0.25) is 10.8 Å². The molecule has 1 saturated heterocycles. The van der Waals surface area contributed by atoms with Crippen molar-refractivity contribution in [3.8, 4) is 0 Å². The summed E-state index contributed by atoms with van der Waals surface area (Å²) >= 11 is 0. The molecule has 2 rings (SSSR count). The number of aliphatic imine (C=N–C) groups is 1. The molecule has 1 atom stereocenters. The zero-order valence-electron chi connectivity index (χ0n) is 18.9. The fourth-order valence-electron chi connectivity index (χ4n) is 3.66. The van der Waals surface area contributed by atoms with Crippen molar-refractivity contribution in [2.45, 2.75) is 47.0 Å². The molecule has 1 aliphatic rings. The van der Waals surface area contributed by atoms with Crippen LogP contribution in [0.15, 0.2) is 17.1 Å². The van der Waals surface area contributed by atoms with Crippen molar-refractivity contribution in [3.63, 3.8) is 0 Å². The molecule has 5 N–H and O–H groups in total. The first-order valence-corrected chi connectivity index (χ1v) is 10.8. The van der Waals surface area contributed by atoms with Crippen molar-refractivity contribution < 1.29 is 9.53 Å². The minimum absolute atomic E-state index is 0.0747. The Hall–Kier alpha value is -2.97. The van der Waals surface area contributed by atoms with Gasteiger partial charge in [-0.2, -0.15) is 4.99 Å². The number of nitrogens with zero attached hydrogens (tertiary/aromatic N) is 3. The Morgan fingerprint density at radius 1 is 1.39 bits per heavy atom. The number of urea groups is 1. The summed E-state index contributed by atoms with van der Waals surface area (Å²) in [6, 6.07) is 3.38. The second kappa shape index (κ2) is 11.4. The highest BCUT2D eigenvalue weighted by atomic mass is 16.5. The molecule has 0 spiro atoms. The van der Waals surface area contributed by atoms with E-state index in [4.69, 9.17) is 21.3 Å². The third-order valence-electron chi connectivity index (χ3n) is 5.84. The Bertz CT molecular complexity index is 814. The Labute approximate surface area is 184 Å². The number of ether oxygens (including phenoxy) is 1.